The van der Waals surface area contributed by atoms with E-state index in [4.69, 9.17) is 4.74 Å². The van der Waals surface area contributed by atoms with E-state index in [1.165, 1.54) is 0 Å². The summed E-state index contributed by atoms with van der Waals surface area (Å²) in [6.45, 7) is 8.35. The van der Waals surface area contributed by atoms with E-state index >= 15 is 0 Å². The standard InChI is InChI=1S/C25H31N3O3/c1-14(2)10-18-13-21(23(29)26-17-6-8-19(31-5)9-7-17)25(28-18)20-12-15(3)11-16(4)22(20)27-24(25)30/h6-9,11-12,14,18,21,28H,10,13H2,1-5H3,(H,26,29)(H,27,30). The third-order valence-electron chi connectivity index (χ3n) is 6.41. The zero-order valence-electron chi connectivity index (χ0n) is 18.8. The van der Waals surface area contributed by atoms with Gasteiger partial charge >= 0.3 is 0 Å². The van der Waals surface area contributed by atoms with Gasteiger partial charge < -0.3 is 15.4 Å². The molecule has 0 radical (unpaired) electrons. The van der Waals surface area contributed by atoms with Crippen LogP contribution in [-0.2, 0) is 15.1 Å². The maximum atomic E-state index is 13.5. The Bertz CT molecular complexity index is 1020. The molecule has 31 heavy (non-hydrogen) atoms. The van der Waals surface area contributed by atoms with Crippen LogP contribution in [0.2, 0.25) is 0 Å². The Hall–Kier alpha value is -2.86. The van der Waals surface area contributed by atoms with E-state index in [9.17, 15) is 9.59 Å². The number of anilines is 2. The van der Waals surface area contributed by atoms with Gasteiger partial charge in [0.15, 0.2) is 0 Å². The van der Waals surface area contributed by atoms with E-state index in [2.05, 4.69) is 35.9 Å². The monoisotopic (exact) mass is 421 g/mol. The minimum Gasteiger partial charge on any atom is -0.497 e. The summed E-state index contributed by atoms with van der Waals surface area (Å²) in [6, 6.07) is 11.4. The number of nitrogens with one attached hydrogen (secondary N) is 3. The summed E-state index contributed by atoms with van der Waals surface area (Å²) in [4.78, 5) is 27.0. The lowest BCUT2D eigenvalue weighted by atomic mass is 9.78. The molecule has 164 valence electrons. The molecule has 3 unspecified atom stereocenters. The molecular weight excluding hydrogens is 390 g/mol. The van der Waals surface area contributed by atoms with Crippen LogP contribution in [-0.4, -0.2) is 25.0 Å². The van der Waals surface area contributed by atoms with Crippen molar-refractivity contribution in [2.75, 3.05) is 17.7 Å². The van der Waals surface area contributed by atoms with Crippen molar-refractivity contribution in [2.24, 2.45) is 11.8 Å². The second-order valence-corrected chi connectivity index (χ2v) is 9.24. The molecule has 6 nitrogen and oxygen atoms in total. The van der Waals surface area contributed by atoms with Gasteiger partial charge in [0, 0.05) is 23.0 Å². The number of fused-ring (bicyclic) bond motifs is 2. The van der Waals surface area contributed by atoms with Crippen LogP contribution in [0.25, 0.3) is 0 Å². The quantitative estimate of drug-likeness (QED) is 0.678. The molecule has 1 spiro atoms. The topological polar surface area (TPSA) is 79.5 Å². The molecule has 6 heteroatoms. The second kappa shape index (κ2) is 8.00. The molecule has 0 aromatic heterocycles. The van der Waals surface area contributed by atoms with Gasteiger partial charge in [0.25, 0.3) is 0 Å². The summed E-state index contributed by atoms with van der Waals surface area (Å²) in [5.41, 5.74) is 3.44. The van der Waals surface area contributed by atoms with Crippen molar-refractivity contribution in [3.8, 4) is 5.75 Å². The fraction of sp³-hybridized carbons (Fsp3) is 0.440. The molecule has 3 atom stereocenters. The Morgan fingerprint density at radius 3 is 2.58 bits per heavy atom. The fourth-order valence-electron chi connectivity index (χ4n) is 5.14. The Labute approximate surface area is 183 Å². The van der Waals surface area contributed by atoms with E-state index < -0.39 is 11.5 Å². The van der Waals surface area contributed by atoms with Crippen LogP contribution in [0.3, 0.4) is 0 Å². The van der Waals surface area contributed by atoms with Crippen LogP contribution in [0.1, 0.15) is 43.4 Å². The lowest BCUT2D eigenvalue weighted by Crippen LogP contribution is -2.52. The molecule has 1 fully saturated rings. The Balaban J connectivity index is 1.72. The summed E-state index contributed by atoms with van der Waals surface area (Å²) in [6.07, 6.45) is 1.52. The molecule has 2 aromatic carbocycles. The van der Waals surface area contributed by atoms with Crippen LogP contribution in [0.5, 0.6) is 5.75 Å². The third kappa shape index (κ3) is 3.69. The third-order valence-corrected chi connectivity index (χ3v) is 6.41. The minimum atomic E-state index is -1.05. The molecule has 0 saturated carbocycles. The smallest absolute Gasteiger partial charge is 0.250 e. The van der Waals surface area contributed by atoms with E-state index in [1.54, 1.807) is 7.11 Å². The number of ether oxygens (including phenoxy) is 1. The fourth-order valence-corrected chi connectivity index (χ4v) is 5.14. The average molecular weight is 422 g/mol. The molecule has 2 amide bonds. The van der Waals surface area contributed by atoms with Crippen LogP contribution >= 0.6 is 0 Å². The molecule has 2 aromatic rings. The van der Waals surface area contributed by atoms with E-state index in [1.807, 2.05) is 44.2 Å². The number of rotatable bonds is 5. The zero-order valence-corrected chi connectivity index (χ0v) is 18.8. The zero-order chi connectivity index (χ0) is 22.3. The number of aryl methyl sites for hydroxylation is 2. The number of hydrogen-bond acceptors (Lipinski definition) is 4. The first-order chi connectivity index (χ1) is 14.7. The predicted molar refractivity (Wildman–Crippen MR) is 122 cm³/mol. The number of methoxy groups -OCH3 is 1. The van der Waals surface area contributed by atoms with Crippen LogP contribution in [0.15, 0.2) is 36.4 Å². The Kier molecular flexibility index (Phi) is 5.52. The summed E-state index contributed by atoms with van der Waals surface area (Å²) in [7, 11) is 1.61. The van der Waals surface area contributed by atoms with Gasteiger partial charge in [-0.3, -0.25) is 14.9 Å². The van der Waals surface area contributed by atoms with Crippen LogP contribution in [0, 0.1) is 25.7 Å². The van der Waals surface area contributed by atoms with Gasteiger partial charge in [0.2, 0.25) is 11.8 Å². The lowest BCUT2D eigenvalue weighted by Gasteiger charge is -2.29. The first kappa shape index (κ1) is 21.4. The van der Waals surface area contributed by atoms with Crippen molar-refractivity contribution in [3.05, 3.63) is 53.1 Å². The molecule has 1 saturated heterocycles. The van der Waals surface area contributed by atoms with Gasteiger partial charge in [-0.2, -0.15) is 0 Å². The van der Waals surface area contributed by atoms with Gasteiger partial charge in [-0.05, 0) is 62.4 Å². The van der Waals surface area contributed by atoms with Gasteiger partial charge in [-0.25, -0.2) is 0 Å². The highest BCUT2D eigenvalue weighted by Gasteiger charge is 2.60. The molecule has 2 heterocycles. The molecule has 4 rings (SSSR count). The lowest BCUT2D eigenvalue weighted by molar-refractivity contribution is -0.130. The van der Waals surface area contributed by atoms with Crippen molar-refractivity contribution in [1.29, 1.82) is 0 Å². The number of carbonyl (C=O) groups excluding carboxylic acids is 2. The van der Waals surface area contributed by atoms with Gasteiger partial charge in [-0.1, -0.05) is 31.5 Å². The number of carbonyl (C=O) groups is 2. The molecule has 2 aliphatic heterocycles. The maximum Gasteiger partial charge on any atom is 0.250 e. The molecular formula is C25H31N3O3. The average Bonchev–Trinajstić information content (AvgIpc) is 3.22. The number of benzene rings is 2. The highest BCUT2D eigenvalue weighted by atomic mass is 16.5. The normalized spacial score (nSPS) is 24.4. The first-order valence-corrected chi connectivity index (χ1v) is 10.9. The maximum absolute atomic E-state index is 13.5. The summed E-state index contributed by atoms with van der Waals surface area (Å²) >= 11 is 0. The highest BCUT2D eigenvalue weighted by molar-refractivity contribution is 6.11. The summed E-state index contributed by atoms with van der Waals surface area (Å²) in [5.74, 6) is 0.384. The van der Waals surface area contributed by atoms with Crippen molar-refractivity contribution in [3.63, 3.8) is 0 Å². The summed E-state index contributed by atoms with van der Waals surface area (Å²) in [5, 5.41) is 9.69. The van der Waals surface area contributed by atoms with Gasteiger partial charge in [-0.15, -0.1) is 0 Å². The second-order valence-electron chi connectivity index (χ2n) is 9.24. The van der Waals surface area contributed by atoms with Gasteiger partial charge in [0.05, 0.1) is 13.0 Å². The molecule has 0 aliphatic carbocycles. The van der Waals surface area contributed by atoms with Crippen molar-refractivity contribution < 1.29 is 14.3 Å². The Morgan fingerprint density at radius 2 is 1.94 bits per heavy atom. The SMILES string of the molecule is COc1ccc(NC(=O)C2CC(CC(C)C)NC23C(=O)Nc2c(C)cc(C)cc23)cc1. The van der Waals surface area contributed by atoms with Crippen molar-refractivity contribution in [2.45, 2.75) is 52.1 Å². The first-order valence-electron chi connectivity index (χ1n) is 10.9. The summed E-state index contributed by atoms with van der Waals surface area (Å²) < 4.78 is 5.20. The largest absolute Gasteiger partial charge is 0.497 e. The Morgan fingerprint density at radius 1 is 1.23 bits per heavy atom. The van der Waals surface area contributed by atoms with Crippen LogP contribution < -0.4 is 20.7 Å². The molecule has 2 aliphatic rings. The van der Waals surface area contributed by atoms with Gasteiger partial charge in [0.1, 0.15) is 11.3 Å². The predicted octanol–water partition coefficient (Wildman–Crippen LogP) is 4.12. The number of hydrogen-bond donors (Lipinski definition) is 3. The molecule has 3 N–H and O–H groups in total. The van der Waals surface area contributed by atoms with Crippen LogP contribution in [0.4, 0.5) is 11.4 Å². The highest BCUT2D eigenvalue weighted by Crippen LogP contribution is 2.49. The van der Waals surface area contributed by atoms with E-state index in [0.717, 1.165) is 34.5 Å². The van der Waals surface area contributed by atoms with Crippen molar-refractivity contribution >= 4 is 23.2 Å². The number of amides is 2. The van der Waals surface area contributed by atoms with E-state index in [-0.39, 0.29) is 17.9 Å². The van der Waals surface area contributed by atoms with Crippen molar-refractivity contribution in [1.82, 2.24) is 5.32 Å². The van der Waals surface area contributed by atoms with E-state index in [0.29, 0.717) is 18.0 Å². The molecule has 0 bridgehead atoms. The minimum absolute atomic E-state index is 0.0872.